The normalized spacial score (nSPS) is 15.8. The van der Waals surface area contributed by atoms with Gasteiger partial charge in [-0.2, -0.15) is 0 Å². The summed E-state index contributed by atoms with van der Waals surface area (Å²) in [6.07, 6.45) is 1.92. The van der Waals surface area contributed by atoms with Crippen LogP contribution >= 0.6 is 11.8 Å². The number of nitrogens with zero attached hydrogens (tertiary/aromatic N) is 2. The number of methoxy groups -OCH3 is 1. The van der Waals surface area contributed by atoms with Gasteiger partial charge >= 0.3 is 5.97 Å². The number of ether oxygens (including phenoxy) is 1. The first-order chi connectivity index (χ1) is 17.3. The Morgan fingerprint density at radius 2 is 1.81 bits per heavy atom. The molecule has 1 N–H and O–H groups in total. The second kappa shape index (κ2) is 10.8. The van der Waals surface area contributed by atoms with Crippen molar-refractivity contribution in [3.8, 4) is 5.75 Å². The molecule has 0 aliphatic carbocycles. The lowest BCUT2D eigenvalue weighted by atomic mass is 9.96. The number of benzene rings is 3. The minimum absolute atomic E-state index is 0.140. The maximum atomic E-state index is 13.6. The lowest BCUT2D eigenvalue weighted by Crippen LogP contribution is -2.28. The highest BCUT2D eigenvalue weighted by molar-refractivity contribution is 8.18. The van der Waals surface area contributed by atoms with Gasteiger partial charge in [0.25, 0.3) is 5.91 Å². The predicted molar refractivity (Wildman–Crippen MR) is 145 cm³/mol. The summed E-state index contributed by atoms with van der Waals surface area (Å²) in [7, 11) is 1.67. The zero-order valence-corrected chi connectivity index (χ0v) is 21.5. The topological polar surface area (TPSA) is 79.2 Å². The van der Waals surface area contributed by atoms with Gasteiger partial charge < -0.3 is 9.84 Å². The van der Waals surface area contributed by atoms with E-state index in [1.54, 1.807) is 36.3 Å². The van der Waals surface area contributed by atoms with Crippen molar-refractivity contribution in [2.24, 2.45) is 4.99 Å². The van der Waals surface area contributed by atoms with E-state index < -0.39 is 5.97 Å². The van der Waals surface area contributed by atoms with Crippen molar-refractivity contribution in [1.82, 2.24) is 4.90 Å². The number of thioether (sulfide) groups is 1. The van der Waals surface area contributed by atoms with Crippen molar-refractivity contribution >= 4 is 40.6 Å². The molecule has 0 saturated carbocycles. The Morgan fingerprint density at radius 1 is 1.11 bits per heavy atom. The highest BCUT2D eigenvalue weighted by Crippen LogP contribution is 2.37. The maximum absolute atomic E-state index is 13.6. The highest BCUT2D eigenvalue weighted by Gasteiger charge is 2.33. The number of hydrogen-bond donors (Lipinski definition) is 1. The molecule has 184 valence electrons. The van der Waals surface area contributed by atoms with E-state index in [1.165, 1.54) is 11.8 Å². The first kappa shape index (κ1) is 25.3. The lowest BCUT2D eigenvalue weighted by Gasteiger charge is -2.16. The number of carboxylic acid groups (broad SMARTS) is 1. The van der Waals surface area contributed by atoms with Crippen molar-refractivity contribution in [2.45, 2.75) is 33.2 Å². The number of carboxylic acids is 1. The number of hydrogen-bond acceptors (Lipinski definition) is 5. The van der Waals surface area contributed by atoms with Gasteiger partial charge in [-0.3, -0.25) is 9.69 Å². The van der Waals surface area contributed by atoms with Gasteiger partial charge in [-0.25, -0.2) is 9.79 Å². The van der Waals surface area contributed by atoms with Crippen molar-refractivity contribution in [3.63, 3.8) is 0 Å². The lowest BCUT2D eigenvalue weighted by molar-refractivity contribution is -0.122. The molecule has 4 rings (SSSR count). The quantitative estimate of drug-likeness (QED) is 0.368. The molecule has 0 spiro atoms. The predicted octanol–water partition coefficient (Wildman–Crippen LogP) is 6.63. The van der Waals surface area contributed by atoms with Crippen molar-refractivity contribution < 1.29 is 19.4 Å². The number of carbonyl (C=O) groups is 2. The molecule has 0 unspecified atom stereocenters. The minimum Gasteiger partial charge on any atom is -0.496 e. The molecular weight excluding hydrogens is 472 g/mol. The van der Waals surface area contributed by atoms with Crippen LogP contribution < -0.4 is 4.74 Å². The fourth-order valence-electron chi connectivity index (χ4n) is 3.92. The summed E-state index contributed by atoms with van der Waals surface area (Å²) in [5.74, 6) is -0.0160. The second-order valence-electron chi connectivity index (χ2n) is 8.84. The van der Waals surface area contributed by atoms with Gasteiger partial charge in [0, 0.05) is 0 Å². The molecule has 1 heterocycles. The number of aromatic carboxylic acids is 1. The summed E-state index contributed by atoms with van der Waals surface area (Å²) in [6, 6.07) is 20.1. The van der Waals surface area contributed by atoms with E-state index in [-0.39, 0.29) is 23.9 Å². The van der Waals surface area contributed by atoms with Crippen LogP contribution in [0.2, 0.25) is 0 Å². The number of para-hydroxylation sites is 1. The molecule has 3 aromatic rings. The third kappa shape index (κ3) is 5.52. The molecule has 36 heavy (non-hydrogen) atoms. The summed E-state index contributed by atoms with van der Waals surface area (Å²) < 4.78 is 5.57. The Bertz CT molecular complexity index is 1350. The van der Waals surface area contributed by atoms with Crippen LogP contribution in [0.4, 0.5) is 5.69 Å². The molecule has 6 nitrogen and oxygen atoms in total. The highest BCUT2D eigenvalue weighted by atomic mass is 32.2. The molecule has 1 amide bonds. The molecule has 1 fully saturated rings. The zero-order chi connectivity index (χ0) is 25.8. The summed E-state index contributed by atoms with van der Waals surface area (Å²) in [4.78, 5) is 31.8. The van der Waals surface area contributed by atoms with Crippen LogP contribution in [0, 0.1) is 6.92 Å². The van der Waals surface area contributed by atoms with Crippen molar-refractivity contribution in [1.29, 1.82) is 0 Å². The van der Waals surface area contributed by atoms with Crippen molar-refractivity contribution in [2.75, 3.05) is 7.11 Å². The molecule has 7 heteroatoms. The molecule has 3 aromatic carbocycles. The monoisotopic (exact) mass is 500 g/mol. The van der Waals surface area contributed by atoms with Crippen LogP contribution in [-0.2, 0) is 11.3 Å². The molecule has 0 aromatic heterocycles. The van der Waals surface area contributed by atoms with Crippen LogP contribution in [0.5, 0.6) is 5.75 Å². The van der Waals surface area contributed by atoms with Crippen LogP contribution in [-0.4, -0.2) is 34.2 Å². The molecule has 0 radical (unpaired) electrons. The fourth-order valence-corrected chi connectivity index (χ4v) is 4.91. The number of carbonyl (C=O) groups excluding carboxylic acids is 1. The Morgan fingerprint density at radius 3 is 2.42 bits per heavy atom. The van der Waals surface area contributed by atoms with Gasteiger partial charge in [0.15, 0.2) is 5.17 Å². The van der Waals surface area contributed by atoms with E-state index in [0.29, 0.717) is 10.1 Å². The third-order valence-corrected chi connectivity index (χ3v) is 6.94. The summed E-state index contributed by atoms with van der Waals surface area (Å²) in [5, 5.41) is 9.77. The van der Waals surface area contributed by atoms with E-state index in [9.17, 15) is 14.7 Å². The molecule has 0 atom stereocenters. The first-order valence-electron chi connectivity index (χ1n) is 11.6. The largest absolute Gasteiger partial charge is 0.496 e. The van der Waals surface area contributed by atoms with Gasteiger partial charge in [-0.15, -0.1) is 0 Å². The standard InChI is InChI=1S/C29H28N2O4S/c1-18(2)24-15-22(19(3)14-25(24)35-4)16-26-27(32)31(17-20-10-12-21(13-11-20)28(33)34)29(36-26)30-23-8-6-5-7-9-23/h5-16,18H,17H2,1-4H3,(H,33,34). The van der Waals surface area contributed by atoms with E-state index in [4.69, 9.17) is 9.73 Å². The Kier molecular flexibility index (Phi) is 7.60. The van der Waals surface area contributed by atoms with Crippen LogP contribution in [0.1, 0.15) is 52.4 Å². The average molecular weight is 501 g/mol. The molecule has 1 aliphatic rings. The van der Waals surface area contributed by atoms with Crippen LogP contribution in [0.25, 0.3) is 6.08 Å². The van der Waals surface area contributed by atoms with Gasteiger partial charge in [0.05, 0.1) is 29.8 Å². The third-order valence-electron chi connectivity index (χ3n) is 5.94. The SMILES string of the molecule is COc1cc(C)c(C=C2SC(=Nc3ccccc3)N(Cc3ccc(C(=O)O)cc3)C2=O)cc1C(C)C. The van der Waals surface area contributed by atoms with Gasteiger partial charge in [-0.1, -0.05) is 44.2 Å². The summed E-state index contributed by atoms with van der Waals surface area (Å²) in [5.41, 5.74) is 4.83. The fraction of sp³-hybridized carbons (Fsp3) is 0.207. The number of amides is 1. The first-order valence-corrected chi connectivity index (χ1v) is 12.4. The van der Waals surface area contributed by atoms with Crippen molar-refractivity contribution in [3.05, 3.63) is 99.5 Å². The van der Waals surface area contributed by atoms with Gasteiger partial charge in [0.1, 0.15) is 5.75 Å². The Balaban J connectivity index is 1.72. The Labute approximate surface area is 215 Å². The summed E-state index contributed by atoms with van der Waals surface area (Å²) >= 11 is 1.34. The van der Waals surface area contributed by atoms with E-state index in [0.717, 1.165) is 33.7 Å². The molecular formula is C29H28N2O4S. The average Bonchev–Trinajstić information content (AvgIpc) is 3.14. The molecule has 0 bridgehead atoms. The van der Waals surface area contributed by atoms with Gasteiger partial charge in [-0.05, 0) is 89.3 Å². The van der Waals surface area contributed by atoms with Crippen LogP contribution in [0.3, 0.4) is 0 Å². The zero-order valence-electron chi connectivity index (χ0n) is 20.7. The second-order valence-corrected chi connectivity index (χ2v) is 9.85. The minimum atomic E-state index is -0.985. The summed E-state index contributed by atoms with van der Waals surface area (Å²) in [6.45, 7) is 6.51. The van der Waals surface area contributed by atoms with E-state index >= 15 is 0 Å². The number of amidine groups is 1. The smallest absolute Gasteiger partial charge is 0.335 e. The number of aryl methyl sites for hydroxylation is 1. The molecule has 1 aliphatic heterocycles. The number of rotatable bonds is 7. The molecule has 1 saturated heterocycles. The van der Waals surface area contributed by atoms with Gasteiger partial charge in [0.2, 0.25) is 0 Å². The Hall–Kier alpha value is -3.84. The number of aliphatic imine (C=N–C) groups is 1. The van der Waals surface area contributed by atoms with Crippen LogP contribution in [0.15, 0.2) is 76.6 Å². The van der Waals surface area contributed by atoms with E-state index in [1.807, 2.05) is 49.4 Å². The van der Waals surface area contributed by atoms with E-state index in [2.05, 4.69) is 19.9 Å². The maximum Gasteiger partial charge on any atom is 0.335 e.